The summed E-state index contributed by atoms with van der Waals surface area (Å²) in [6.07, 6.45) is -1.58. The van der Waals surface area contributed by atoms with Gasteiger partial charge in [-0.2, -0.15) is 0 Å². The van der Waals surface area contributed by atoms with Gasteiger partial charge in [-0.15, -0.1) is 0 Å². The minimum absolute atomic E-state index is 0.0225. The van der Waals surface area contributed by atoms with Crippen LogP contribution in [0.5, 0.6) is 0 Å². The fourth-order valence-corrected chi connectivity index (χ4v) is 2.42. The van der Waals surface area contributed by atoms with Gasteiger partial charge in [0.1, 0.15) is 6.10 Å². The van der Waals surface area contributed by atoms with Gasteiger partial charge in [-0.3, -0.25) is 9.59 Å². The number of benzene rings is 1. The zero-order chi connectivity index (χ0) is 16.0. The second-order valence-electron chi connectivity index (χ2n) is 4.32. The van der Waals surface area contributed by atoms with E-state index in [1.54, 1.807) is 12.1 Å². The van der Waals surface area contributed by atoms with E-state index in [-0.39, 0.29) is 10.8 Å². The van der Waals surface area contributed by atoms with Crippen LogP contribution >= 0.6 is 0 Å². The Bertz CT molecular complexity index is 612. The molecule has 1 aromatic carbocycles. The third-order valence-electron chi connectivity index (χ3n) is 2.57. The van der Waals surface area contributed by atoms with E-state index in [1.165, 1.54) is 19.1 Å². The highest BCUT2D eigenvalue weighted by atomic mass is 32.2. The number of amides is 2. The number of aliphatic hydroxyl groups is 1. The molecule has 0 fully saturated rings. The van der Waals surface area contributed by atoms with Gasteiger partial charge in [-0.25, -0.2) is 13.1 Å². The normalized spacial score (nSPS) is 12.7. The van der Waals surface area contributed by atoms with E-state index in [0.717, 1.165) is 5.56 Å². The summed E-state index contributed by atoms with van der Waals surface area (Å²) >= 11 is 0. The number of hydrogen-bond donors (Lipinski definition) is 4. The molecule has 116 valence electrons. The minimum atomic E-state index is -3.84. The number of sulfonamides is 1. The van der Waals surface area contributed by atoms with Crippen molar-refractivity contribution in [3.05, 3.63) is 29.8 Å². The number of rotatable bonds is 7. The molecule has 0 aliphatic heterocycles. The van der Waals surface area contributed by atoms with Crippen LogP contribution in [0.25, 0.3) is 0 Å². The van der Waals surface area contributed by atoms with E-state index < -0.39 is 28.6 Å². The maximum Gasteiger partial charge on any atom is 0.247 e. The number of nitrogens with two attached hydrogens (primary N) is 1. The molecular formula is C12H17N3O5S. The van der Waals surface area contributed by atoms with Crippen molar-refractivity contribution in [2.75, 3.05) is 6.54 Å². The first-order valence-electron chi connectivity index (χ1n) is 6.03. The molecule has 0 radical (unpaired) electrons. The van der Waals surface area contributed by atoms with Crippen LogP contribution in [0, 0.1) is 0 Å². The van der Waals surface area contributed by atoms with Crippen LogP contribution < -0.4 is 15.8 Å². The largest absolute Gasteiger partial charge is 0.382 e. The van der Waals surface area contributed by atoms with Crippen LogP contribution in [0.3, 0.4) is 0 Å². The molecule has 1 atom stereocenters. The van der Waals surface area contributed by atoms with Gasteiger partial charge in [0.2, 0.25) is 21.8 Å². The molecule has 2 amide bonds. The van der Waals surface area contributed by atoms with Gasteiger partial charge >= 0.3 is 0 Å². The third-order valence-corrected chi connectivity index (χ3v) is 4.01. The highest BCUT2D eigenvalue weighted by Crippen LogP contribution is 2.10. The average molecular weight is 315 g/mol. The van der Waals surface area contributed by atoms with Crippen LogP contribution in [0.15, 0.2) is 29.2 Å². The summed E-state index contributed by atoms with van der Waals surface area (Å²) in [7, 11) is -3.84. The van der Waals surface area contributed by atoms with Gasteiger partial charge < -0.3 is 16.2 Å². The highest BCUT2D eigenvalue weighted by Gasteiger charge is 2.18. The summed E-state index contributed by atoms with van der Waals surface area (Å²) in [5.74, 6) is -1.20. The Kier molecular flexibility index (Phi) is 5.82. The standard InChI is InChI=1S/C12H17N3O5S/c1-8(16)14-6-9-2-4-10(5-3-9)21(19,20)15-7-11(17)12(13)18/h2-5,11,15,17H,6-7H2,1H3,(H2,13,18)(H,14,16). The van der Waals surface area contributed by atoms with Gasteiger partial charge in [0.25, 0.3) is 0 Å². The lowest BCUT2D eigenvalue weighted by molar-refractivity contribution is -0.125. The third kappa shape index (κ3) is 5.50. The lowest BCUT2D eigenvalue weighted by Gasteiger charge is -2.10. The molecule has 0 heterocycles. The van der Waals surface area contributed by atoms with Crippen LogP contribution in [0.2, 0.25) is 0 Å². The predicted octanol–water partition coefficient (Wildman–Crippen LogP) is -1.55. The Morgan fingerprint density at radius 1 is 1.29 bits per heavy atom. The van der Waals surface area contributed by atoms with E-state index in [9.17, 15) is 18.0 Å². The lowest BCUT2D eigenvalue weighted by atomic mass is 10.2. The number of primary amides is 1. The van der Waals surface area contributed by atoms with E-state index >= 15 is 0 Å². The first-order valence-corrected chi connectivity index (χ1v) is 7.51. The van der Waals surface area contributed by atoms with Crippen LogP contribution in [0.1, 0.15) is 12.5 Å². The van der Waals surface area contributed by atoms with E-state index in [0.29, 0.717) is 6.54 Å². The van der Waals surface area contributed by atoms with Crippen molar-refractivity contribution < 1.29 is 23.1 Å². The molecule has 0 aliphatic carbocycles. The van der Waals surface area contributed by atoms with Crippen molar-refractivity contribution in [1.29, 1.82) is 0 Å². The lowest BCUT2D eigenvalue weighted by Crippen LogP contribution is -2.39. The first-order chi connectivity index (χ1) is 9.72. The topological polar surface area (TPSA) is 139 Å². The summed E-state index contributed by atoms with van der Waals surface area (Å²) in [6.45, 7) is 1.18. The van der Waals surface area contributed by atoms with Crippen molar-refractivity contribution in [2.45, 2.75) is 24.5 Å². The molecule has 5 N–H and O–H groups in total. The van der Waals surface area contributed by atoms with Crippen LogP contribution in [-0.4, -0.2) is 38.0 Å². The molecule has 1 aromatic rings. The summed E-state index contributed by atoms with van der Waals surface area (Å²) in [4.78, 5) is 21.4. The monoisotopic (exact) mass is 315 g/mol. The maximum absolute atomic E-state index is 11.9. The summed E-state index contributed by atoms with van der Waals surface area (Å²) in [5.41, 5.74) is 5.56. The molecule has 1 unspecified atom stereocenters. The molecular weight excluding hydrogens is 298 g/mol. The first kappa shape index (κ1) is 17.1. The van der Waals surface area contributed by atoms with Gasteiger partial charge in [-0.05, 0) is 17.7 Å². The van der Waals surface area contributed by atoms with Crippen molar-refractivity contribution in [3.8, 4) is 0 Å². The number of carbonyl (C=O) groups is 2. The molecule has 21 heavy (non-hydrogen) atoms. The van der Waals surface area contributed by atoms with Crippen LogP contribution in [0.4, 0.5) is 0 Å². The molecule has 9 heteroatoms. The minimum Gasteiger partial charge on any atom is -0.382 e. The Balaban J connectivity index is 2.71. The van der Waals surface area contributed by atoms with Gasteiger partial charge in [0.05, 0.1) is 4.90 Å². The number of aliphatic hydroxyl groups excluding tert-OH is 1. The van der Waals surface area contributed by atoms with Gasteiger partial charge in [-0.1, -0.05) is 12.1 Å². The SMILES string of the molecule is CC(=O)NCc1ccc(S(=O)(=O)NCC(O)C(N)=O)cc1. The molecule has 0 aliphatic rings. The fraction of sp³-hybridized carbons (Fsp3) is 0.333. The number of carbonyl (C=O) groups excluding carboxylic acids is 2. The van der Waals surface area contributed by atoms with Crippen molar-refractivity contribution in [1.82, 2.24) is 10.0 Å². The Hall–Kier alpha value is -1.97. The van der Waals surface area contributed by atoms with Crippen molar-refractivity contribution >= 4 is 21.8 Å². The second kappa shape index (κ2) is 7.16. The predicted molar refractivity (Wildman–Crippen MR) is 74.4 cm³/mol. The molecule has 0 spiro atoms. The Labute approximate surface area is 122 Å². The molecule has 0 bridgehead atoms. The second-order valence-corrected chi connectivity index (χ2v) is 6.09. The van der Waals surface area contributed by atoms with Crippen molar-refractivity contribution in [2.24, 2.45) is 5.73 Å². The van der Waals surface area contributed by atoms with Crippen molar-refractivity contribution in [3.63, 3.8) is 0 Å². The number of nitrogens with one attached hydrogen (secondary N) is 2. The van der Waals surface area contributed by atoms with Crippen LogP contribution in [-0.2, 0) is 26.2 Å². The Morgan fingerprint density at radius 3 is 2.33 bits per heavy atom. The zero-order valence-corrected chi connectivity index (χ0v) is 12.2. The highest BCUT2D eigenvalue weighted by molar-refractivity contribution is 7.89. The Morgan fingerprint density at radius 2 is 1.86 bits per heavy atom. The van der Waals surface area contributed by atoms with Gasteiger partial charge in [0, 0.05) is 20.0 Å². The summed E-state index contributed by atoms with van der Waals surface area (Å²) in [6, 6.07) is 5.82. The fourth-order valence-electron chi connectivity index (χ4n) is 1.39. The van der Waals surface area contributed by atoms with E-state index in [2.05, 4.69) is 10.0 Å². The molecule has 1 rings (SSSR count). The zero-order valence-electron chi connectivity index (χ0n) is 11.4. The summed E-state index contributed by atoms with van der Waals surface area (Å²) in [5, 5.41) is 11.7. The quantitative estimate of drug-likeness (QED) is 0.482. The van der Waals surface area contributed by atoms with E-state index in [4.69, 9.17) is 10.8 Å². The maximum atomic E-state index is 11.9. The smallest absolute Gasteiger partial charge is 0.247 e. The molecule has 0 aromatic heterocycles. The summed E-state index contributed by atoms with van der Waals surface area (Å²) < 4.78 is 25.9. The molecule has 0 saturated carbocycles. The molecule has 0 saturated heterocycles. The average Bonchev–Trinajstić information content (AvgIpc) is 2.43. The number of hydrogen-bond acceptors (Lipinski definition) is 5. The van der Waals surface area contributed by atoms with Gasteiger partial charge in [0.15, 0.2) is 0 Å². The van der Waals surface area contributed by atoms with E-state index in [1.807, 2.05) is 0 Å². The molecule has 8 nitrogen and oxygen atoms in total.